The van der Waals surface area contributed by atoms with E-state index in [-0.39, 0.29) is 36.1 Å². The van der Waals surface area contributed by atoms with Crippen LogP contribution < -0.4 is 15.0 Å². The number of benzene rings is 2. The van der Waals surface area contributed by atoms with Crippen LogP contribution in [0.15, 0.2) is 42.5 Å². The molecular formula is C27H33FN4O4. The Hall–Kier alpha value is -3.17. The zero-order valence-corrected chi connectivity index (χ0v) is 20.6. The molecule has 2 amide bonds. The van der Waals surface area contributed by atoms with E-state index >= 15 is 0 Å². The molecule has 0 bridgehead atoms. The number of nitrogens with one attached hydrogen (secondary N) is 1. The smallest absolute Gasteiger partial charge is 0.236 e. The van der Waals surface area contributed by atoms with Crippen molar-refractivity contribution in [1.82, 2.24) is 15.1 Å². The number of methoxy groups -OCH3 is 1. The summed E-state index contributed by atoms with van der Waals surface area (Å²) in [6, 6.07) is 12.2. The molecule has 3 aliphatic rings. The molecule has 1 N–H and O–H groups in total. The average molecular weight is 497 g/mol. The minimum absolute atomic E-state index is 0.0583. The summed E-state index contributed by atoms with van der Waals surface area (Å²) >= 11 is 0. The summed E-state index contributed by atoms with van der Waals surface area (Å²) in [5, 5.41) is 3.03. The molecule has 2 aromatic rings. The van der Waals surface area contributed by atoms with Crippen molar-refractivity contribution < 1.29 is 23.5 Å². The number of ether oxygens (including phenoxy) is 2. The second-order valence-corrected chi connectivity index (χ2v) is 9.64. The zero-order chi connectivity index (χ0) is 25.1. The molecule has 8 nitrogen and oxygen atoms in total. The number of halogens is 1. The van der Waals surface area contributed by atoms with Crippen LogP contribution in [-0.2, 0) is 27.3 Å². The Kier molecular flexibility index (Phi) is 7.38. The third kappa shape index (κ3) is 5.32. The van der Waals surface area contributed by atoms with Crippen LogP contribution >= 0.6 is 0 Å². The predicted molar refractivity (Wildman–Crippen MR) is 133 cm³/mol. The summed E-state index contributed by atoms with van der Waals surface area (Å²) in [6.07, 6.45) is 0.598. The Morgan fingerprint density at radius 2 is 1.94 bits per heavy atom. The molecule has 2 atom stereocenters. The number of piperazine rings is 1. The first-order chi connectivity index (χ1) is 17.5. The summed E-state index contributed by atoms with van der Waals surface area (Å²) in [6.45, 7) is 5.09. The van der Waals surface area contributed by atoms with Gasteiger partial charge in [0.2, 0.25) is 11.8 Å². The summed E-state index contributed by atoms with van der Waals surface area (Å²) < 4.78 is 24.4. The highest BCUT2D eigenvalue weighted by Gasteiger charge is 2.42. The van der Waals surface area contributed by atoms with Crippen molar-refractivity contribution in [3.63, 3.8) is 0 Å². The van der Waals surface area contributed by atoms with E-state index < -0.39 is 0 Å². The first-order valence-electron chi connectivity index (χ1n) is 12.6. The number of nitrogens with zero attached hydrogens (tertiary/aromatic N) is 3. The molecule has 3 heterocycles. The molecule has 0 aliphatic carbocycles. The summed E-state index contributed by atoms with van der Waals surface area (Å²) in [5.41, 5.74) is 2.92. The predicted octanol–water partition coefficient (Wildman–Crippen LogP) is 1.67. The van der Waals surface area contributed by atoms with Gasteiger partial charge in [-0.05, 0) is 35.7 Å². The molecule has 5 rings (SSSR count). The minimum atomic E-state index is -0.318. The van der Waals surface area contributed by atoms with Crippen molar-refractivity contribution in [1.29, 1.82) is 0 Å². The molecule has 2 fully saturated rings. The highest BCUT2D eigenvalue weighted by atomic mass is 19.1. The van der Waals surface area contributed by atoms with Gasteiger partial charge in [-0.3, -0.25) is 14.5 Å². The Labute approximate surface area is 210 Å². The van der Waals surface area contributed by atoms with Gasteiger partial charge in [-0.15, -0.1) is 0 Å². The molecule has 0 spiro atoms. The van der Waals surface area contributed by atoms with E-state index in [2.05, 4.69) is 15.1 Å². The molecule has 192 valence electrons. The average Bonchev–Trinajstić information content (AvgIpc) is 2.91. The van der Waals surface area contributed by atoms with Gasteiger partial charge < -0.3 is 24.6 Å². The molecule has 2 saturated heterocycles. The number of anilines is 1. The van der Waals surface area contributed by atoms with E-state index in [1.165, 1.54) is 12.1 Å². The highest BCUT2D eigenvalue weighted by molar-refractivity contribution is 5.82. The van der Waals surface area contributed by atoms with Crippen molar-refractivity contribution in [2.45, 2.75) is 19.0 Å². The van der Waals surface area contributed by atoms with Gasteiger partial charge in [0.15, 0.2) is 0 Å². The van der Waals surface area contributed by atoms with Crippen molar-refractivity contribution in [3.05, 3.63) is 59.4 Å². The first-order valence-corrected chi connectivity index (χ1v) is 12.6. The molecule has 0 aromatic heterocycles. The van der Waals surface area contributed by atoms with Gasteiger partial charge in [0.1, 0.15) is 11.6 Å². The SMILES string of the molecule is COc1ccc2c(c1)N1CCN(CC(=O)N3CCOCC3)C[C@@H]1[C@H](C(=O)NCc1cccc(F)c1)C2. The van der Waals surface area contributed by atoms with Crippen molar-refractivity contribution in [2.75, 3.05) is 64.5 Å². The number of rotatable bonds is 6. The normalized spacial score (nSPS) is 21.9. The zero-order valence-electron chi connectivity index (χ0n) is 20.6. The van der Waals surface area contributed by atoms with Gasteiger partial charge in [0.05, 0.1) is 38.8 Å². The molecule has 0 unspecified atom stereocenters. The van der Waals surface area contributed by atoms with Crippen LogP contribution in [0.5, 0.6) is 5.75 Å². The van der Waals surface area contributed by atoms with Crippen LogP contribution in [-0.4, -0.2) is 87.2 Å². The van der Waals surface area contributed by atoms with Crippen LogP contribution in [0, 0.1) is 11.7 Å². The van der Waals surface area contributed by atoms with Crippen molar-refractivity contribution >= 4 is 17.5 Å². The number of fused-ring (bicyclic) bond motifs is 3. The maximum Gasteiger partial charge on any atom is 0.236 e. The fourth-order valence-electron chi connectivity index (χ4n) is 5.48. The number of carbonyl (C=O) groups excluding carboxylic acids is 2. The lowest BCUT2D eigenvalue weighted by Crippen LogP contribution is -2.62. The number of amides is 2. The van der Waals surface area contributed by atoms with Gasteiger partial charge in [-0.1, -0.05) is 18.2 Å². The molecular weight excluding hydrogens is 463 g/mol. The van der Waals surface area contributed by atoms with Crippen molar-refractivity contribution in [2.24, 2.45) is 5.92 Å². The molecule has 9 heteroatoms. The van der Waals surface area contributed by atoms with Crippen molar-refractivity contribution in [3.8, 4) is 5.75 Å². The lowest BCUT2D eigenvalue weighted by molar-refractivity contribution is -0.136. The fraction of sp³-hybridized carbons (Fsp3) is 0.481. The van der Waals surface area contributed by atoms with E-state index in [0.29, 0.717) is 45.8 Å². The fourth-order valence-corrected chi connectivity index (χ4v) is 5.48. The third-order valence-electron chi connectivity index (χ3n) is 7.42. The van der Waals surface area contributed by atoms with Crippen LogP contribution in [0.1, 0.15) is 11.1 Å². The summed E-state index contributed by atoms with van der Waals surface area (Å²) in [4.78, 5) is 32.7. The van der Waals surface area contributed by atoms with E-state index in [1.807, 2.05) is 23.1 Å². The molecule has 3 aliphatic heterocycles. The number of hydrogen-bond acceptors (Lipinski definition) is 6. The molecule has 36 heavy (non-hydrogen) atoms. The Morgan fingerprint density at radius 3 is 2.72 bits per heavy atom. The third-order valence-corrected chi connectivity index (χ3v) is 7.42. The second kappa shape index (κ2) is 10.8. The monoisotopic (exact) mass is 496 g/mol. The quantitative estimate of drug-likeness (QED) is 0.656. The maximum absolute atomic E-state index is 13.6. The van der Waals surface area contributed by atoms with Crippen LogP contribution in [0.2, 0.25) is 0 Å². The van der Waals surface area contributed by atoms with Gasteiger partial charge in [-0.25, -0.2) is 4.39 Å². The Morgan fingerprint density at radius 1 is 1.11 bits per heavy atom. The summed E-state index contributed by atoms with van der Waals surface area (Å²) in [7, 11) is 1.65. The lowest BCUT2D eigenvalue weighted by Gasteiger charge is -2.49. The van der Waals surface area contributed by atoms with Crippen LogP contribution in [0.4, 0.5) is 10.1 Å². The van der Waals surface area contributed by atoms with E-state index in [4.69, 9.17) is 9.47 Å². The topological polar surface area (TPSA) is 74.3 Å². The van der Waals surface area contributed by atoms with Gasteiger partial charge in [0, 0.05) is 51.0 Å². The lowest BCUT2D eigenvalue weighted by atomic mass is 9.83. The van der Waals surface area contributed by atoms with E-state index in [1.54, 1.807) is 19.2 Å². The maximum atomic E-state index is 13.6. The van der Waals surface area contributed by atoms with E-state index in [0.717, 1.165) is 35.7 Å². The Balaban J connectivity index is 1.33. The number of morpholine rings is 1. The number of carbonyl (C=O) groups is 2. The van der Waals surface area contributed by atoms with E-state index in [9.17, 15) is 14.0 Å². The molecule has 0 saturated carbocycles. The standard InChI is InChI=1S/C27H33FN4O4/c1-35-22-6-5-20-14-23(27(34)29-16-19-3-2-4-21(28)13-19)25-17-30(7-8-32(25)24(20)15-22)18-26(33)31-9-11-36-12-10-31/h2-6,13,15,23,25H,7-12,14,16-18H2,1H3,(H,29,34)/t23-,25-/m1/s1. The van der Waals surface area contributed by atoms with Crippen LogP contribution in [0.25, 0.3) is 0 Å². The largest absolute Gasteiger partial charge is 0.497 e. The minimum Gasteiger partial charge on any atom is -0.497 e. The first kappa shape index (κ1) is 24.5. The van der Waals surface area contributed by atoms with Gasteiger partial charge in [0.25, 0.3) is 0 Å². The Bertz CT molecular complexity index is 1110. The van der Waals surface area contributed by atoms with Gasteiger partial charge in [-0.2, -0.15) is 0 Å². The summed E-state index contributed by atoms with van der Waals surface area (Å²) in [5.74, 6) is 0.224. The highest BCUT2D eigenvalue weighted by Crippen LogP contribution is 2.38. The molecule has 0 radical (unpaired) electrons. The second-order valence-electron chi connectivity index (χ2n) is 9.64. The van der Waals surface area contributed by atoms with Crippen LogP contribution in [0.3, 0.4) is 0 Å². The van der Waals surface area contributed by atoms with Gasteiger partial charge >= 0.3 is 0 Å². The molecule has 2 aromatic carbocycles. The number of hydrogen-bond donors (Lipinski definition) is 1.